The van der Waals surface area contributed by atoms with Crippen LogP contribution in [0.2, 0.25) is 0 Å². The largest absolute Gasteiger partial charge is 0.401 e. The number of carbonyl (C=O) groups is 2. The number of halogens is 3. The van der Waals surface area contributed by atoms with E-state index < -0.39 is 12.7 Å². The Morgan fingerprint density at radius 3 is 2.42 bits per heavy atom. The highest BCUT2D eigenvalue weighted by Crippen LogP contribution is 2.31. The van der Waals surface area contributed by atoms with Gasteiger partial charge in [0, 0.05) is 43.0 Å². The van der Waals surface area contributed by atoms with E-state index in [4.69, 9.17) is 0 Å². The van der Waals surface area contributed by atoms with E-state index in [0.717, 1.165) is 0 Å². The second-order valence-corrected chi connectivity index (χ2v) is 6.51. The number of rotatable bonds is 3. The monoisotopic (exact) mass is 367 g/mol. The van der Waals surface area contributed by atoms with Crippen LogP contribution in [0.4, 0.5) is 13.2 Å². The summed E-state index contributed by atoms with van der Waals surface area (Å²) in [7, 11) is 0. The van der Waals surface area contributed by atoms with Gasteiger partial charge in [0.1, 0.15) is 6.54 Å². The van der Waals surface area contributed by atoms with E-state index in [1.54, 1.807) is 24.3 Å². The van der Waals surface area contributed by atoms with Gasteiger partial charge in [-0.15, -0.1) is 0 Å². The van der Waals surface area contributed by atoms with E-state index in [1.165, 1.54) is 14.7 Å². The topological polar surface area (TPSA) is 43.9 Å². The summed E-state index contributed by atoms with van der Waals surface area (Å²) in [6.45, 7) is 3.85. The van der Waals surface area contributed by atoms with Crippen molar-refractivity contribution in [2.75, 3.05) is 39.3 Å². The minimum absolute atomic E-state index is 0.147. The normalized spacial score (nSPS) is 18.9. The molecule has 2 heterocycles. The van der Waals surface area contributed by atoms with Gasteiger partial charge in [0.05, 0.1) is 6.54 Å². The molecule has 0 spiro atoms. The lowest BCUT2D eigenvalue weighted by atomic mass is 10.1. The number of hydrogen-bond donors (Lipinski definition) is 0. The number of amides is 2. The molecule has 0 bridgehead atoms. The first-order chi connectivity index (χ1) is 12.3. The molecule has 8 heteroatoms. The Kier molecular flexibility index (Phi) is 5.04. The number of fused-ring (bicyclic) bond motifs is 1. The predicted molar refractivity (Wildman–Crippen MR) is 90.2 cm³/mol. The van der Waals surface area contributed by atoms with Crippen LogP contribution in [-0.4, -0.2) is 72.0 Å². The summed E-state index contributed by atoms with van der Waals surface area (Å²) >= 11 is 0. The van der Waals surface area contributed by atoms with Gasteiger partial charge in [-0.3, -0.25) is 19.4 Å². The Labute approximate surface area is 149 Å². The highest BCUT2D eigenvalue weighted by molar-refractivity contribution is 6.10. The molecular formula is C18H20F3N3O2. The van der Waals surface area contributed by atoms with Crippen LogP contribution in [0.25, 0.3) is 5.70 Å². The molecule has 1 aromatic rings. The van der Waals surface area contributed by atoms with Crippen LogP contribution in [-0.2, 0) is 4.79 Å². The Hall–Kier alpha value is -2.35. The second kappa shape index (κ2) is 7.11. The molecular weight excluding hydrogens is 347 g/mol. The summed E-state index contributed by atoms with van der Waals surface area (Å²) in [5, 5.41) is 0. The molecule has 0 aromatic heterocycles. The molecule has 26 heavy (non-hydrogen) atoms. The molecule has 0 unspecified atom stereocenters. The van der Waals surface area contributed by atoms with Crippen molar-refractivity contribution in [3.63, 3.8) is 0 Å². The molecule has 1 saturated heterocycles. The fourth-order valence-electron chi connectivity index (χ4n) is 3.37. The number of carbonyl (C=O) groups excluding carboxylic acids is 2. The number of hydrogen-bond acceptors (Lipinski definition) is 3. The summed E-state index contributed by atoms with van der Waals surface area (Å²) in [6.07, 6.45) is -3.78. The van der Waals surface area contributed by atoms with Crippen LogP contribution in [0, 0.1) is 0 Å². The zero-order valence-electron chi connectivity index (χ0n) is 14.3. The predicted octanol–water partition coefficient (Wildman–Crippen LogP) is 2.21. The van der Waals surface area contributed by atoms with E-state index >= 15 is 0 Å². The molecule has 2 aliphatic rings. The number of alkyl halides is 3. The maximum Gasteiger partial charge on any atom is 0.401 e. The second-order valence-electron chi connectivity index (χ2n) is 6.51. The van der Waals surface area contributed by atoms with Gasteiger partial charge in [0.2, 0.25) is 5.91 Å². The van der Waals surface area contributed by atoms with Crippen LogP contribution < -0.4 is 0 Å². The van der Waals surface area contributed by atoms with Gasteiger partial charge in [-0.2, -0.15) is 13.2 Å². The van der Waals surface area contributed by atoms with E-state index in [2.05, 4.69) is 6.58 Å². The Morgan fingerprint density at radius 1 is 1.08 bits per heavy atom. The Balaban J connectivity index is 1.61. The number of nitrogens with zero attached hydrogens (tertiary/aromatic N) is 3. The minimum Gasteiger partial charge on any atom is -0.340 e. The lowest BCUT2D eigenvalue weighted by Crippen LogP contribution is -2.42. The maximum atomic E-state index is 12.6. The molecule has 2 amide bonds. The lowest BCUT2D eigenvalue weighted by molar-refractivity contribution is -0.145. The summed E-state index contributed by atoms with van der Waals surface area (Å²) in [5.74, 6) is -0.548. The SMILES string of the molecule is C=C1c2ccccc2C(=O)N1CC(=O)N1CCCN(CC(F)(F)F)CC1. The van der Waals surface area contributed by atoms with Crippen molar-refractivity contribution < 1.29 is 22.8 Å². The summed E-state index contributed by atoms with van der Waals surface area (Å²) < 4.78 is 37.6. The van der Waals surface area contributed by atoms with Gasteiger partial charge in [-0.05, 0) is 12.5 Å². The Bertz CT molecular complexity index is 698. The smallest absolute Gasteiger partial charge is 0.340 e. The molecule has 5 nitrogen and oxygen atoms in total. The van der Waals surface area contributed by atoms with E-state index in [1.807, 2.05) is 0 Å². The molecule has 0 aliphatic carbocycles. The van der Waals surface area contributed by atoms with Crippen LogP contribution in [0.1, 0.15) is 22.3 Å². The molecule has 140 valence electrons. The first kappa shape index (κ1) is 18.4. The highest BCUT2D eigenvalue weighted by atomic mass is 19.4. The van der Waals surface area contributed by atoms with Crippen molar-refractivity contribution in [1.29, 1.82) is 0 Å². The zero-order chi connectivity index (χ0) is 18.9. The van der Waals surface area contributed by atoms with E-state index in [0.29, 0.717) is 36.3 Å². The highest BCUT2D eigenvalue weighted by Gasteiger charge is 2.34. The van der Waals surface area contributed by atoms with Gasteiger partial charge in [-0.1, -0.05) is 24.8 Å². The van der Waals surface area contributed by atoms with Crippen molar-refractivity contribution in [2.45, 2.75) is 12.6 Å². The maximum absolute atomic E-state index is 12.6. The number of benzene rings is 1. The molecule has 2 aliphatic heterocycles. The molecule has 1 fully saturated rings. The van der Waals surface area contributed by atoms with Crippen LogP contribution in [0.15, 0.2) is 30.8 Å². The van der Waals surface area contributed by atoms with Crippen molar-refractivity contribution >= 4 is 17.5 Å². The molecule has 0 radical (unpaired) electrons. The average molecular weight is 367 g/mol. The third-order valence-electron chi connectivity index (χ3n) is 4.68. The third kappa shape index (κ3) is 3.90. The minimum atomic E-state index is -4.25. The summed E-state index contributed by atoms with van der Waals surface area (Å²) in [5.41, 5.74) is 1.70. The van der Waals surface area contributed by atoms with Gasteiger partial charge in [0.15, 0.2) is 0 Å². The van der Waals surface area contributed by atoms with Gasteiger partial charge >= 0.3 is 6.18 Å². The van der Waals surface area contributed by atoms with Crippen LogP contribution in [0.5, 0.6) is 0 Å². The molecule has 1 aromatic carbocycles. The third-order valence-corrected chi connectivity index (χ3v) is 4.68. The van der Waals surface area contributed by atoms with Crippen molar-refractivity contribution in [2.24, 2.45) is 0 Å². The zero-order valence-corrected chi connectivity index (χ0v) is 14.3. The van der Waals surface area contributed by atoms with Gasteiger partial charge in [0.25, 0.3) is 5.91 Å². The fourth-order valence-corrected chi connectivity index (χ4v) is 3.37. The first-order valence-corrected chi connectivity index (χ1v) is 8.43. The van der Waals surface area contributed by atoms with Crippen LogP contribution >= 0.6 is 0 Å². The van der Waals surface area contributed by atoms with Gasteiger partial charge in [-0.25, -0.2) is 0 Å². The fraction of sp³-hybridized carbons (Fsp3) is 0.444. The van der Waals surface area contributed by atoms with Crippen LogP contribution in [0.3, 0.4) is 0 Å². The summed E-state index contributed by atoms with van der Waals surface area (Å²) in [6, 6.07) is 7.02. The van der Waals surface area contributed by atoms with E-state index in [9.17, 15) is 22.8 Å². The standard InChI is InChI=1S/C18H20F3N3O2/c1-13-14-5-2-3-6-15(14)17(26)24(13)11-16(25)23-8-4-7-22(9-10-23)12-18(19,20)21/h2-3,5-6H,1,4,7-12H2. The summed E-state index contributed by atoms with van der Waals surface area (Å²) in [4.78, 5) is 29.2. The molecule has 0 atom stereocenters. The van der Waals surface area contributed by atoms with E-state index in [-0.39, 0.29) is 31.4 Å². The molecule has 0 N–H and O–H groups in total. The molecule has 0 saturated carbocycles. The van der Waals surface area contributed by atoms with Crippen molar-refractivity contribution in [1.82, 2.24) is 14.7 Å². The van der Waals surface area contributed by atoms with Crippen molar-refractivity contribution in [3.8, 4) is 0 Å². The quantitative estimate of drug-likeness (QED) is 0.823. The first-order valence-electron chi connectivity index (χ1n) is 8.43. The van der Waals surface area contributed by atoms with Crippen molar-refractivity contribution in [3.05, 3.63) is 42.0 Å². The average Bonchev–Trinajstić information content (AvgIpc) is 2.74. The Morgan fingerprint density at radius 2 is 1.77 bits per heavy atom. The molecule has 3 rings (SSSR count). The van der Waals surface area contributed by atoms with Gasteiger partial charge < -0.3 is 4.90 Å². The lowest BCUT2D eigenvalue weighted by Gasteiger charge is -2.25.